The minimum absolute atomic E-state index is 0.0179. The first-order chi connectivity index (χ1) is 8.97. The van der Waals surface area contributed by atoms with Crippen LogP contribution in [0.4, 0.5) is 8.78 Å². The zero-order valence-electron chi connectivity index (χ0n) is 11.3. The molecule has 2 atom stereocenters. The monoisotopic (exact) mass is 297 g/mol. The zero-order chi connectivity index (χ0) is 14.3. The predicted molar refractivity (Wildman–Crippen MR) is 70.7 cm³/mol. The third kappa shape index (κ3) is 6.04. The first-order valence-electron chi connectivity index (χ1n) is 6.70. The molecular formula is C13H22ClF2NO2. The molecule has 6 heteroatoms. The Morgan fingerprint density at radius 2 is 2.32 bits per heavy atom. The quantitative estimate of drug-likeness (QED) is 0.579. The molecule has 0 saturated heterocycles. The second-order valence-electron chi connectivity index (χ2n) is 5.38. The molecule has 1 N–H and O–H groups in total. The molecule has 0 heterocycles. The van der Waals surface area contributed by atoms with Crippen molar-refractivity contribution in [2.45, 2.75) is 51.0 Å². The summed E-state index contributed by atoms with van der Waals surface area (Å²) in [6.07, 6.45) is 1.57. The fourth-order valence-corrected chi connectivity index (χ4v) is 2.93. The summed E-state index contributed by atoms with van der Waals surface area (Å²) in [6, 6.07) is 0. The van der Waals surface area contributed by atoms with Crippen molar-refractivity contribution in [1.82, 2.24) is 5.32 Å². The molecule has 112 valence electrons. The fraction of sp³-hybridized carbons (Fsp3) is 0.923. The van der Waals surface area contributed by atoms with E-state index >= 15 is 0 Å². The average molecular weight is 298 g/mol. The van der Waals surface area contributed by atoms with Crippen molar-refractivity contribution in [2.24, 2.45) is 5.92 Å². The van der Waals surface area contributed by atoms with Gasteiger partial charge in [0, 0.05) is 12.3 Å². The highest BCUT2D eigenvalue weighted by Crippen LogP contribution is 2.33. The van der Waals surface area contributed by atoms with Gasteiger partial charge in [-0.3, -0.25) is 4.79 Å². The number of hydrogen-bond acceptors (Lipinski definition) is 2. The second-order valence-corrected chi connectivity index (χ2v) is 5.65. The van der Waals surface area contributed by atoms with Gasteiger partial charge in [-0.05, 0) is 18.8 Å². The van der Waals surface area contributed by atoms with Gasteiger partial charge in [0.1, 0.15) is 6.61 Å². The largest absolute Gasteiger partial charge is 0.375 e. The van der Waals surface area contributed by atoms with Crippen LogP contribution in [0.1, 0.15) is 39.0 Å². The molecule has 1 aliphatic carbocycles. The summed E-state index contributed by atoms with van der Waals surface area (Å²) in [5.41, 5.74) is -0.334. The van der Waals surface area contributed by atoms with E-state index in [1.54, 1.807) is 0 Å². The van der Waals surface area contributed by atoms with Gasteiger partial charge in [-0.2, -0.15) is 0 Å². The molecule has 0 spiro atoms. The Labute approximate surface area is 118 Å². The highest BCUT2D eigenvalue weighted by molar-refractivity contribution is 6.18. The van der Waals surface area contributed by atoms with Gasteiger partial charge in [-0.25, -0.2) is 8.78 Å². The molecule has 1 aliphatic rings. The Bertz CT molecular complexity index is 292. The Morgan fingerprint density at radius 3 is 2.89 bits per heavy atom. The zero-order valence-corrected chi connectivity index (χ0v) is 12.0. The number of nitrogens with one attached hydrogen (secondary N) is 1. The summed E-state index contributed by atoms with van der Waals surface area (Å²) < 4.78 is 28.4. The lowest BCUT2D eigenvalue weighted by atomic mass is 9.77. The van der Waals surface area contributed by atoms with Gasteiger partial charge >= 0.3 is 0 Å². The van der Waals surface area contributed by atoms with Crippen molar-refractivity contribution in [3.63, 3.8) is 0 Å². The number of hydrogen-bond donors (Lipinski definition) is 1. The Hall–Kier alpha value is -0.420. The number of rotatable bonds is 7. The van der Waals surface area contributed by atoms with Crippen LogP contribution in [-0.4, -0.2) is 37.0 Å². The maximum absolute atomic E-state index is 11.8. The molecule has 0 aromatic rings. The molecule has 0 aliphatic heterocycles. The SMILES string of the molecule is CC1CCCC(CCl)(NC(=O)CCOCC(F)F)C1. The van der Waals surface area contributed by atoms with Gasteiger partial charge in [-0.1, -0.05) is 19.8 Å². The number of ether oxygens (including phenoxy) is 1. The van der Waals surface area contributed by atoms with Gasteiger partial charge in [-0.15, -0.1) is 11.6 Å². The van der Waals surface area contributed by atoms with Gasteiger partial charge in [0.2, 0.25) is 5.91 Å². The molecule has 1 rings (SSSR count). The van der Waals surface area contributed by atoms with E-state index in [4.69, 9.17) is 16.3 Å². The maximum atomic E-state index is 11.8. The van der Waals surface area contributed by atoms with Crippen LogP contribution >= 0.6 is 11.6 Å². The molecule has 0 aromatic carbocycles. The first kappa shape index (κ1) is 16.6. The molecule has 1 saturated carbocycles. The lowest BCUT2D eigenvalue weighted by Gasteiger charge is -2.39. The van der Waals surface area contributed by atoms with Gasteiger partial charge in [0.15, 0.2) is 0 Å². The van der Waals surface area contributed by atoms with Crippen LogP contribution in [0.3, 0.4) is 0 Å². The molecule has 19 heavy (non-hydrogen) atoms. The number of alkyl halides is 3. The highest BCUT2D eigenvalue weighted by Gasteiger charge is 2.35. The molecule has 0 bridgehead atoms. The highest BCUT2D eigenvalue weighted by atomic mass is 35.5. The summed E-state index contributed by atoms with van der Waals surface area (Å²) in [5, 5.41) is 2.96. The average Bonchev–Trinajstić information content (AvgIpc) is 2.34. The smallest absolute Gasteiger partial charge is 0.261 e. The maximum Gasteiger partial charge on any atom is 0.261 e. The van der Waals surface area contributed by atoms with E-state index in [1.165, 1.54) is 0 Å². The summed E-state index contributed by atoms with van der Waals surface area (Å²) >= 11 is 6.00. The van der Waals surface area contributed by atoms with Crippen LogP contribution in [0.25, 0.3) is 0 Å². The number of carbonyl (C=O) groups excluding carboxylic acids is 1. The van der Waals surface area contributed by atoms with Crippen LogP contribution in [0.5, 0.6) is 0 Å². The van der Waals surface area contributed by atoms with Crippen molar-refractivity contribution in [3.05, 3.63) is 0 Å². The number of amides is 1. The van der Waals surface area contributed by atoms with E-state index in [9.17, 15) is 13.6 Å². The second kappa shape index (κ2) is 8.00. The van der Waals surface area contributed by atoms with E-state index < -0.39 is 13.0 Å². The van der Waals surface area contributed by atoms with E-state index in [1.807, 2.05) is 0 Å². The molecular weight excluding hydrogens is 276 g/mol. The third-order valence-corrected chi connectivity index (χ3v) is 3.98. The van der Waals surface area contributed by atoms with Gasteiger partial charge in [0.05, 0.1) is 12.1 Å². The van der Waals surface area contributed by atoms with Crippen molar-refractivity contribution in [3.8, 4) is 0 Å². The number of halogens is 3. The van der Waals surface area contributed by atoms with E-state index in [-0.39, 0.29) is 24.5 Å². The van der Waals surface area contributed by atoms with Crippen LogP contribution in [0, 0.1) is 5.92 Å². The number of carbonyl (C=O) groups is 1. The van der Waals surface area contributed by atoms with E-state index in [0.29, 0.717) is 11.8 Å². The van der Waals surface area contributed by atoms with Crippen molar-refractivity contribution >= 4 is 17.5 Å². The standard InChI is InChI=1S/C13H22ClF2NO2/c1-10-3-2-5-13(7-10,9-14)17-12(18)4-6-19-8-11(15)16/h10-11H,2-9H2,1H3,(H,17,18). The minimum atomic E-state index is -2.49. The van der Waals surface area contributed by atoms with Crippen LogP contribution < -0.4 is 5.32 Å². The van der Waals surface area contributed by atoms with E-state index in [0.717, 1.165) is 25.7 Å². The molecule has 2 unspecified atom stereocenters. The van der Waals surface area contributed by atoms with Crippen molar-refractivity contribution in [1.29, 1.82) is 0 Å². The van der Waals surface area contributed by atoms with Crippen LogP contribution in [0.2, 0.25) is 0 Å². The molecule has 3 nitrogen and oxygen atoms in total. The van der Waals surface area contributed by atoms with Gasteiger partial charge in [0.25, 0.3) is 6.43 Å². The minimum Gasteiger partial charge on any atom is -0.375 e. The molecule has 1 fully saturated rings. The van der Waals surface area contributed by atoms with E-state index in [2.05, 4.69) is 12.2 Å². The normalized spacial score (nSPS) is 27.5. The molecule has 0 aromatic heterocycles. The Balaban J connectivity index is 2.32. The first-order valence-corrected chi connectivity index (χ1v) is 7.24. The van der Waals surface area contributed by atoms with Crippen LogP contribution in [-0.2, 0) is 9.53 Å². The van der Waals surface area contributed by atoms with Gasteiger partial charge < -0.3 is 10.1 Å². The fourth-order valence-electron chi connectivity index (χ4n) is 2.62. The van der Waals surface area contributed by atoms with Crippen LogP contribution in [0.15, 0.2) is 0 Å². The van der Waals surface area contributed by atoms with Crippen molar-refractivity contribution < 1.29 is 18.3 Å². The predicted octanol–water partition coefficient (Wildman–Crippen LogP) is 2.96. The lowest BCUT2D eigenvalue weighted by Crippen LogP contribution is -2.52. The molecule has 1 amide bonds. The Morgan fingerprint density at radius 1 is 1.58 bits per heavy atom. The summed E-state index contributed by atoms with van der Waals surface area (Å²) in [7, 11) is 0. The topological polar surface area (TPSA) is 38.3 Å². The summed E-state index contributed by atoms with van der Waals surface area (Å²) in [6.45, 7) is 1.55. The molecule has 0 radical (unpaired) electrons. The Kier molecular flexibility index (Phi) is 7.00. The summed E-state index contributed by atoms with van der Waals surface area (Å²) in [5.74, 6) is 0.757. The lowest BCUT2D eigenvalue weighted by molar-refractivity contribution is -0.124. The summed E-state index contributed by atoms with van der Waals surface area (Å²) in [4.78, 5) is 11.8. The third-order valence-electron chi connectivity index (χ3n) is 3.47. The van der Waals surface area contributed by atoms with Crippen molar-refractivity contribution in [2.75, 3.05) is 19.1 Å².